The summed E-state index contributed by atoms with van der Waals surface area (Å²) in [5.74, 6) is -0.741. The predicted molar refractivity (Wildman–Crippen MR) is 77.5 cm³/mol. The van der Waals surface area contributed by atoms with E-state index in [4.69, 9.17) is 15.9 Å². The molecule has 0 saturated carbocycles. The van der Waals surface area contributed by atoms with Crippen LogP contribution in [-0.2, 0) is 4.79 Å². The van der Waals surface area contributed by atoms with Crippen molar-refractivity contribution in [2.45, 2.75) is 18.9 Å². The first-order valence-electron chi connectivity index (χ1n) is 6.49. The largest absolute Gasteiger partial charge is 0.480 e. The Bertz CT molecular complexity index is 551. The van der Waals surface area contributed by atoms with Gasteiger partial charge < -0.3 is 15.4 Å². The fourth-order valence-corrected chi connectivity index (χ4v) is 2.28. The number of nitrogens with one attached hydrogen (secondary N) is 2. The van der Waals surface area contributed by atoms with E-state index in [9.17, 15) is 4.79 Å². The molecule has 0 amide bonds. The first kappa shape index (κ1) is 14.0. The van der Waals surface area contributed by atoms with E-state index >= 15 is 0 Å². The number of carboxylic acid groups (broad SMARTS) is 1. The maximum absolute atomic E-state index is 11.1. The van der Waals surface area contributed by atoms with Crippen LogP contribution in [0, 0.1) is 10.8 Å². The summed E-state index contributed by atoms with van der Waals surface area (Å²) in [5.41, 5.74) is 1.08. The van der Waals surface area contributed by atoms with Gasteiger partial charge in [0.15, 0.2) is 0 Å². The molecule has 5 nitrogen and oxygen atoms in total. The lowest BCUT2D eigenvalue weighted by Gasteiger charge is -2.21. The molecule has 1 fully saturated rings. The summed E-state index contributed by atoms with van der Waals surface area (Å²) in [6.45, 7) is 0.582. The van der Waals surface area contributed by atoms with Crippen molar-refractivity contribution in [1.82, 2.24) is 4.90 Å². The van der Waals surface area contributed by atoms with Crippen LogP contribution in [0.2, 0.25) is 0 Å². The van der Waals surface area contributed by atoms with Gasteiger partial charge in [-0.3, -0.25) is 5.41 Å². The summed E-state index contributed by atoms with van der Waals surface area (Å²) in [5, 5.41) is 24.9. The van der Waals surface area contributed by atoms with E-state index in [0.717, 1.165) is 12.0 Å². The molecule has 104 valence electrons. The summed E-state index contributed by atoms with van der Waals surface area (Å²) in [6, 6.07) is 8.62. The Kier molecular flexibility index (Phi) is 4.30. The first-order valence-corrected chi connectivity index (χ1v) is 6.49. The third-order valence-corrected chi connectivity index (χ3v) is 3.34. The van der Waals surface area contributed by atoms with Crippen molar-refractivity contribution < 1.29 is 9.90 Å². The quantitative estimate of drug-likeness (QED) is 0.579. The van der Waals surface area contributed by atoms with E-state index in [1.165, 1.54) is 12.2 Å². The normalized spacial score (nSPS) is 18.4. The van der Waals surface area contributed by atoms with Crippen molar-refractivity contribution in [3.8, 4) is 0 Å². The number of aliphatic carboxylic acids is 1. The van der Waals surface area contributed by atoms with Gasteiger partial charge in [0.25, 0.3) is 0 Å². The SMILES string of the molecule is N=C(/C=C\C(=N)N1CCCC1C(=O)O)c1ccccc1. The van der Waals surface area contributed by atoms with Gasteiger partial charge in [0.2, 0.25) is 0 Å². The highest BCUT2D eigenvalue weighted by atomic mass is 16.4. The molecular weight excluding hydrogens is 254 g/mol. The van der Waals surface area contributed by atoms with E-state index < -0.39 is 12.0 Å². The van der Waals surface area contributed by atoms with Gasteiger partial charge in [-0.1, -0.05) is 30.3 Å². The molecule has 1 aliphatic rings. The fraction of sp³-hybridized carbons (Fsp3) is 0.267. The molecule has 1 aliphatic heterocycles. The molecule has 0 radical (unpaired) electrons. The van der Waals surface area contributed by atoms with Crippen LogP contribution < -0.4 is 0 Å². The minimum absolute atomic E-state index is 0.149. The zero-order valence-corrected chi connectivity index (χ0v) is 11.0. The van der Waals surface area contributed by atoms with E-state index in [2.05, 4.69) is 0 Å². The third kappa shape index (κ3) is 3.12. The fourth-order valence-electron chi connectivity index (χ4n) is 2.28. The van der Waals surface area contributed by atoms with Crippen LogP contribution in [0.5, 0.6) is 0 Å². The summed E-state index contributed by atoms with van der Waals surface area (Å²) in [7, 11) is 0. The lowest BCUT2D eigenvalue weighted by atomic mass is 10.1. The second-order valence-electron chi connectivity index (χ2n) is 4.69. The van der Waals surface area contributed by atoms with Crippen LogP contribution in [0.15, 0.2) is 42.5 Å². The Morgan fingerprint density at radius 3 is 2.60 bits per heavy atom. The van der Waals surface area contributed by atoms with Crippen molar-refractivity contribution in [3.63, 3.8) is 0 Å². The maximum atomic E-state index is 11.1. The highest BCUT2D eigenvalue weighted by molar-refractivity contribution is 6.09. The number of benzene rings is 1. The molecule has 0 aromatic heterocycles. The van der Waals surface area contributed by atoms with E-state index in [-0.39, 0.29) is 5.84 Å². The predicted octanol–water partition coefficient (Wildman–Crippen LogP) is 2.14. The van der Waals surface area contributed by atoms with Crippen LogP contribution in [-0.4, -0.2) is 40.1 Å². The van der Waals surface area contributed by atoms with Crippen LogP contribution in [0.4, 0.5) is 0 Å². The monoisotopic (exact) mass is 271 g/mol. The number of carbonyl (C=O) groups is 1. The van der Waals surface area contributed by atoms with Crippen molar-refractivity contribution >= 4 is 17.5 Å². The Morgan fingerprint density at radius 1 is 1.25 bits per heavy atom. The van der Waals surface area contributed by atoms with E-state index in [0.29, 0.717) is 18.7 Å². The average molecular weight is 271 g/mol. The van der Waals surface area contributed by atoms with Gasteiger partial charge in [-0.15, -0.1) is 0 Å². The molecule has 1 aromatic carbocycles. The average Bonchev–Trinajstić information content (AvgIpc) is 2.95. The van der Waals surface area contributed by atoms with Crippen LogP contribution >= 0.6 is 0 Å². The topological polar surface area (TPSA) is 88.2 Å². The molecule has 1 aromatic rings. The third-order valence-electron chi connectivity index (χ3n) is 3.34. The van der Waals surface area contributed by atoms with E-state index in [1.54, 1.807) is 4.90 Å². The molecule has 3 N–H and O–H groups in total. The van der Waals surface area contributed by atoms with Crippen molar-refractivity contribution in [2.24, 2.45) is 0 Å². The number of hydrogen-bond donors (Lipinski definition) is 3. The minimum Gasteiger partial charge on any atom is -0.480 e. The summed E-state index contributed by atoms with van der Waals surface area (Å²) in [4.78, 5) is 12.6. The molecule has 1 unspecified atom stereocenters. The summed E-state index contributed by atoms with van der Waals surface area (Å²) < 4.78 is 0. The summed E-state index contributed by atoms with van der Waals surface area (Å²) >= 11 is 0. The molecule has 2 rings (SSSR count). The number of hydrogen-bond acceptors (Lipinski definition) is 3. The molecule has 20 heavy (non-hydrogen) atoms. The van der Waals surface area contributed by atoms with Crippen molar-refractivity contribution in [3.05, 3.63) is 48.0 Å². The van der Waals surface area contributed by atoms with Gasteiger partial charge in [-0.25, -0.2) is 4.79 Å². The number of nitrogens with zero attached hydrogens (tertiary/aromatic N) is 1. The second-order valence-corrected chi connectivity index (χ2v) is 4.69. The lowest BCUT2D eigenvalue weighted by molar-refractivity contribution is -0.140. The summed E-state index contributed by atoms with van der Waals surface area (Å²) in [6.07, 6.45) is 4.39. The standard InChI is InChI=1S/C15H17N3O2/c16-12(11-5-2-1-3-6-11)8-9-14(17)18-10-4-7-13(18)15(19)20/h1-3,5-6,8-9,13,16-17H,4,7,10H2,(H,19,20)/b9-8-,16-12?,17-14?. The molecule has 0 aliphatic carbocycles. The van der Waals surface area contributed by atoms with Gasteiger partial charge in [0.05, 0.1) is 5.71 Å². The van der Waals surface area contributed by atoms with Gasteiger partial charge in [-0.2, -0.15) is 0 Å². The molecule has 0 bridgehead atoms. The highest BCUT2D eigenvalue weighted by Gasteiger charge is 2.31. The van der Waals surface area contributed by atoms with E-state index in [1.807, 2.05) is 30.3 Å². The number of allylic oxidation sites excluding steroid dienone is 1. The second kappa shape index (κ2) is 6.14. The van der Waals surface area contributed by atoms with Gasteiger partial charge >= 0.3 is 5.97 Å². The zero-order chi connectivity index (χ0) is 14.5. The van der Waals surface area contributed by atoms with Crippen LogP contribution in [0.1, 0.15) is 18.4 Å². The maximum Gasteiger partial charge on any atom is 0.326 e. The molecule has 5 heteroatoms. The van der Waals surface area contributed by atoms with Crippen LogP contribution in [0.3, 0.4) is 0 Å². The van der Waals surface area contributed by atoms with Crippen molar-refractivity contribution in [1.29, 1.82) is 10.8 Å². The van der Waals surface area contributed by atoms with Gasteiger partial charge in [-0.05, 0) is 30.6 Å². The molecular formula is C15H17N3O2. The van der Waals surface area contributed by atoms with Gasteiger partial charge in [0.1, 0.15) is 11.9 Å². The number of amidine groups is 1. The number of rotatable bonds is 4. The Labute approximate surface area is 117 Å². The zero-order valence-electron chi connectivity index (χ0n) is 11.0. The molecule has 1 heterocycles. The Hall–Kier alpha value is -2.43. The molecule has 1 saturated heterocycles. The minimum atomic E-state index is -0.890. The number of likely N-dealkylation sites (tertiary alicyclic amines) is 1. The molecule has 1 atom stereocenters. The van der Waals surface area contributed by atoms with Gasteiger partial charge in [0, 0.05) is 6.54 Å². The smallest absolute Gasteiger partial charge is 0.326 e. The number of carboxylic acids is 1. The molecule has 0 spiro atoms. The van der Waals surface area contributed by atoms with Crippen molar-refractivity contribution in [2.75, 3.05) is 6.54 Å². The Balaban J connectivity index is 2.02. The first-order chi connectivity index (χ1) is 9.59. The van der Waals surface area contributed by atoms with Crippen LogP contribution in [0.25, 0.3) is 0 Å². The lowest BCUT2D eigenvalue weighted by Crippen LogP contribution is -2.39. The Morgan fingerprint density at radius 2 is 1.95 bits per heavy atom. The highest BCUT2D eigenvalue weighted by Crippen LogP contribution is 2.18.